The van der Waals surface area contributed by atoms with Crippen LogP contribution >= 0.6 is 22.6 Å². The monoisotopic (exact) mass is 333 g/mol. The number of hydrogen-bond acceptors (Lipinski definition) is 2. The first-order valence-corrected chi connectivity index (χ1v) is 6.11. The van der Waals surface area contributed by atoms with E-state index in [9.17, 15) is 9.90 Å². The van der Waals surface area contributed by atoms with Crippen LogP contribution in [0.4, 0.5) is 0 Å². The number of hydrogen-bond donors (Lipinski definition) is 1. The van der Waals surface area contributed by atoms with Crippen LogP contribution in [-0.2, 0) is 0 Å². The highest BCUT2D eigenvalue weighted by Gasteiger charge is 2.27. The lowest BCUT2D eigenvalue weighted by Crippen LogP contribution is -2.47. The minimum Gasteiger partial charge on any atom is -0.394 e. The fourth-order valence-corrected chi connectivity index (χ4v) is 1.53. The van der Waals surface area contributed by atoms with Gasteiger partial charge in [0.2, 0.25) is 0 Å². The lowest BCUT2D eigenvalue weighted by molar-refractivity contribution is 0.0473. The van der Waals surface area contributed by atoms with Crippen LogP contribution in [0.2, 0.25) is 0 Å². The second-order valence-electron chi connectivity index (χ2n) is 4.34. The third kappa shape index (κ3) is 2.95. The van der Waals surface area contributed by atoms with E-state index in [1.165, 1.54) is 0 Å². The maximum absolute atomic E-state index is 12.1. The van der Waals surface area contributed by atoms with Gasteiger partial charge in [0.05, 0.1) is 12.1 Å². The Kier molecular flexibility index (Phi) is 4.32. The Morgan fingerprint density at radius 2 is 1.88 bits per heavy atom. The molecule has 1 amide bonds. The van der Waals surface area contributed by atoms with Crippen LogP contribution < -0.4 is 0 Å². The molecule has 0 aromatic heterocycles. The van der Waals surface area contributed by atoms with Gasteiger partial charge >= 0.3 is 0 Å². The lowest BCUT2D eigenvalue weighted by Gasteiger charge is -2.34. The summed E-state index contributed by atoms with van der Waals surface area (Å²) in [4.78, 5) is 13.6. The van der Waals surface area contributed by atoms with Gasteiger partial charge in [-0.25, -0.2) is 0 Å². The molecule has 0 aliphatic heterocycles. The number of rotatable bonds is 3. The van der Waals surface area contributed by atoms with Crippen LogP contribution in [0.1, 0.15) is 24.2 Å². The minimum atomic E-state index is -0.542. The quantitative estimate of drug-likeness (QED) is 0.861. The van der Waals surface area contributed by atoms with E-state index < -0.39 is 5.54 Å². The van der Waals surface area contributed by atoms with E-state index in [-0.39, 0.29) is 12.5 Å². The highest BCUT2D eigenvalue weighted by molar-refractivity contribution is 14.1. The number of aliphatic hydroxyl groups excluding tert-OH is 1. The number of aliphatic hydroxyl groups is 1. The Balaban J connectivity index is 2.90. The predicted octanol–water partition coefficient (Wildman–Crippen LogP) is 2.13. The van der Waals surface area contributed by atoms with Gasteiger partial charge in [0.1, 0.15) is 0 Å². The molecule has 0 radical (unpaired) electrons. The molecule has 1 rings (SSSR count). The topological polar surface area (TPSA) is 40.5 Å². The molecule has 0 aliphatic rings. The summed E-state index contributed by atoms with van der Waals surface area (Å²) in [6, 6.07) is 7.39. The van der Waals surface area contributed by atoms with Gasteiger partial charge in [0, 0.05) is 16.2 Å². The molecular formula is C12H16INO2. The fourth-order valence-electron chi connectivity index (χ4n) is 1.17. The molecule has 0 spiro atoms. The van der Waals surface area contributed by atoms with Gasteiger partial charge in [0.25, 0.3) is 5.91 Å². The summed E-state index contributed by atoms with van der Waals surface area (Å²) in [5, 5.41) is 9.21. The average molecular weight is 333 g/mol. The van der Waals surface area contributed by atoms with E-state index in [0.717, 1.165) is 3.57 Å². The molecule has 0 bridgehead atoms. The van der Waals surface area contributed by atoms with Crippen LogP contribution in [0, 0.1) is 3.57 Å². The van der Waals surface area contributed by atoms with Crippen molar-refractivity contribution in [3.05, 3.63) is 33.4 Å². The molecule has 0 fully saturated rings. The van der Waals surface area contributed by atoms with Gasteiger partial charge in [-0.1, -0.05) is 0 Å². The molecule has 4 heteroatoms. The van der Waals surface area contributed by atoms with E-state index in [1.807, 2.05) is 26.0 Å². The molecule has 0 unspecified atom stereocenters. The zero-order valence-corrected chi connectivity index (χ0v) is 11.9. The first-order valence-electron chi connectivity index (χ1n) is 5.03. The Bertz CT molecular complexity index is 373. The van der Waals surface area contributed by atoms with Crippen molar-refractivity contribution < 1.29 is 9.90 Å². The van der Waals surface area contributed by atoms with Crippen molar-refractivity contribution >= 4 is 28.5 Å². The van der Waals surface area contributed by atoms with Gasteiger partial charge in [-0.15, -0.1) is 0 Å². The molecule has 16 heavy (non-hydrogen) atoms. The first-order chi connectivity index (χ1) is 7.38. The van der Waals surface area contributed by atoms with Crippen molar-refractivity contribution in [3.63, 3.8) is 0 Å². The summed E-state index contributed by atoms with van der Waals surface area (Å²) in [5.41, 5.74) is 0.101. The summed E-state index contributed by atoms with van der Waals surface area (Å²) in [7, 11) is 1.70. The molecule has 0 saturated carbocycles. The molecule has 1 aromatic carbocycles. The second-order valence-corrected chi connectivity index (χ2v) is 5.59. The van der Waals surface area contributed by atoms with Gasteiger partial charge in [0.15, 0.2) is 0 Å². The molecule has 3 nitrogen and oxygen atoms in total. The van der Waals surface area contributed by atoms with E-state index >= 15 is 0 Å². The molecule has 0 heterocycles. The third-order valence-corrected chi connectivity index (χ3v) is 3.41. The minimum absolute atomic E-state index is 0.0559. The maximum Gasteiger partial charge on any atom is 0.254 e. The number of carbonyl (C=O) groups is 1. The summed E-state index contributed by atoms with van der Waals surface area (Å²) < 4.78 is 1.10. The largest absolute Gasteiger partial charge is 0.394 e. The van der Waals surface area contributed by atoms with Crippen LogP contribution in [0.3, 0.4) is 0 Å². The number of halogens is 1. The van der Waals surface area contributed by atoms with Gasteiger partial charge < -0.3 is 10.0 Å². The Hall–Kier alpha value is -0.620. The average Bonchev–Trinajstić information content (AvgIpc) is 2.28. The van der Waals surface area contributed by atoms with Gasteiger partial charge in [-0.05, 0) is 60.7 Å². The zero-order chi connectivity index (χ0) is 12.3. The summed E-state index contributed by atoms with van der Waals surface area (Å²) in [6.45, 7) is 3.61. The van der Waals surface area contributed by atoms with Crippen molar-refractivity contribution in [2.75, 3.05) is 13.7 Å². The summed E-state index contributed by atoms with van der Waals surface area (Å²) in [6.07, 6.45) is 0. The molecule has 0 aliphatic carbocycles. The Labute approximate surface area is 110 Å². The van der Waals surface area contributed by atoms with Crippen molar-refractivity contribution in [1.29, 1.82) is 0 Å². The molecule has 1 aromatic rings. The normalized spacial score (nSPS) is 11.3. The van der Waals surface area contributed by atoms with Gasteiger partial charge in [-0.3, -0.25) is 4.79 Å². The molecule has 1 N–H and O–H groups in total. The van der Waals surface area contributed by atoms with E-state index in [4.69, 9.17) is 0 Å². The van der Waals surface area contributed by atoms with E-state index in [1.54, 1.807) is 24.1 Å². The van der Waals surface area contributed by atoms with Crippen LogP contribution in [0.15, 0.2) is 24.3 Å². The van der Waals surface area contributed by atoms with Crippen molar-refractivity contribution in [1.82, 2.24) is 4.90 Å². The fraction of sp³-hybridized carbons (Fsp3) is 0.417. The summed E-state index contributed by atoms with van der Waals surface area (Å²) >= 11 is 2.20. The highest BCUT2D eigenvalue weighted by Crippen LogP contribution is 2.16. The molecule has 88 valence electrons. The lowest BCUT2D eigenvalue weighted by atomic mass is 10.0. The Morgan fingerprint density at radius 1 is 1.38 bits per heavy atom. The van der Waals surface area contributed by atoms with E-state index in [0.29, 0.717) is 5.56 Å². The smallest absolute Gasteiger partial charge is 0.254 e. The van der Waals surface area contributed by atoms with Crippen molar-refractivity contribution in [2.24, 2.45) is 0 Å². The van der Waals surface area contributed by atoms with Crippen LogP contribution in [-0.4, -0.2) is 35.1 Å². The number of amides is 1. The van der Waals surface area contributed by atoms with Crippen LogP contribution in [0.25, 0.3) is 0 Å². The predicted molar refractivity (Wildman–Crippen MR) is 72.4 cm³/mol. The summed E-state index contributed by atoms with van der Waals surface area (Å²) in [5.74, 6) is -0.0737. The standard InChI is InChI=1S/C12H16INO2/c1-12(2,8-15)14(3)11(16)9-4-6-10(13)7-5-9/h4-7,15H,8H2,1-3H3. The molecule has 0 atom stereocenters. The number of benzene rings is 1. The zero-order valence-electron chi connectivity index (χ0n) is 9.70. The number of likely N-dealkylation sites (N-methyl/N-ethyl adjacent to an activating group) is 1. The second kappa shape index (κ2) is 5.14. The SMILES string of the molecule is CN(C(=O)c1ccc(I)cc1)C(C)(C)CO. The maximum atomic E-state index is 12.1. The van der Waals surface area contributed by atoms with Crippen LogP contribution in [0.5, 0.6) is 0 Å². The van der Waals surface area contributed by atoms with Crippen molar-refractivity contribution in [3.8, 4) is 0 Å². The van der Waals surface area contributed by atoms with E-state index in [2.05, 4.69) is 22.6 Å². The molecular weight excluding hydrogens is 317 g/mol. The van der Waals surface area contributed by atoms with Gasteiger partial charge in [-0.2, -0.15) is 0 Å². The third-order valence-electron chi connectivity index (χ3n) is 2.69. The number of nitrogens with zero attached hydrogens (tertiary/aromatic N) is 1. The van der Waals surface area contributed by atoms with Crippen molar-refractivity contribution in [2.45, 2.75) is 19.4 Å². The Morgan fingerprint density at radius 3 is 2.31 bits per heavy atom. The highest BCUT2D eigenvalue weighted by atomic mass is 127. The number of carbonyl (C=O) groups excluding carboxylic acids is 1. The molecule has 0 saturated heterocycles. The first kappa shape index (κ1) is 13.4.